The minimum atomic E-state index is -0.347. The standard InChI is InChI=1S/C15H12BrN5O2/c1-4-8-6-9(15(17-7-8)23-5-2)13-18-10-11(14(22)19-13)20-21(3)12(10)16/h1,6-7H,5H2,2-3H3,(H,18,19,22). The van der Waals surface area contributed by atoms with Gasteiger partial charge in [-0.15, -0.1) is 6.42 Å². The van der Waals surface area contributed by atoms with Crippen LogP contribution in [0.1, 0.15) is 12.5 Å². The van der Waals surface area contributed by atoms with Gasteiger partial charge in [0.05, 0.1) is 12.2 Å². The van der Waals surface area contributed by atoms with Crippen LogP contribution in [0.25, 0.3) is 22.4 Å². The second-order valence-electron chi connectivity index (χ2n) is 4.68. The molecule has 0 aromatic carbocycles. The Morgan fingerprint density at radius 2 is 2.26 bits per heavy atom. The number of nitrogens with one attached hydrogen (secondary N) is 1. The van der Waals surface area contributed by atoms with Gasteiger partial charge in [-0.1, -0.05) is 5.92 Å². The Bertz CT molecular complexity index is 999. The summed E-state index contributed by atoms with van der Waals surface area (Å²) in [6.45, 7) is 2.27. The second-order valence-corrected chi connectivity index (χ2v) is 5.43. The molecular weight excluding hydrogens is 362 g/mol. The van der Waals surface area contributed by atoms with E-state index >= 15 is 0 Å². The molecule has 0 fully saturated rings. The van der Waals surface area contributed by atoms with Crippen molar-refractivity contribution < 1.29 is 4.74 Å². The summed E-state index contributed by atoms with van der Waals surface area (Å²) >= 11 is 3.38. The first-order valence-electron chi connectivity index (χ1n) is 6.77. The molecule has 8 heteroatoms. The minimum absolute atomic E-state index is 0.252. The molecule has 0 spiro atoms. The third-order valence-corrected chi connectivity index (χ3v) is 4.07. The lowest BCUT2D eigenvalue weighted by atomic mass is 10.2. The fourth-order valence-electron chi connectivity index (χ4n) is 2.13. The third kappa shape index (κ3) is 2.59. The topological polar surface area (TPSA) is 85.7 Å². The molecule has 3 aromatic rings. The molecule has 0 unspecified atom stereocenters. The molecule has 0 saturated heterocycles. The van der Waals surface area contributed by atoms with Crippen LogP contribution in [0.2, 0.25) is 0 Å². The molecular formula is C15H12BrN5O2. The maximum Gasteiger partial charge on any atom is 0.279 e. The molecule has 0 bridgehead atoms. The van der Waals surface area contributed by atoms with E-state index in [2.05, 4.69) is 41.9 Å². The van der Waals surface area contributed by atoms with Crippen molar-refractivity contribution in [2.45, 2.75) is 6.92 Å². The molecule has 0 amide bonds. The van der Waals surface area contributed by atoms with Crippen LogP contribution >= 0.6 is 15.9 Å². The normalized spacial score (nSPS) is 10.7. The number of terminal acetylenes is 1. The number of H-pyrrole nitrogens is 1. The van der Waals surface area contributed by atoms with E-state index in [-0.39, 0.29) is 11.1 Å². The van der Waals surface area contributed by atoms with Gasteiger partial charge in [0.25, 0.3) is 5.56 Å². The average Bonchev–Trinajstić information content (AvgIpc) is 2.84. The summed E-state index contributed by atoms with van der Waals surface area (Å²) in [5.41, 5.74) is 1.45. The molecule has 0 aliphatic carbocycles. The van der Waals surface area contributed by atoms with Gasteiger partial charge < -0.3 is 9.72 Å². The first-order valence-corrected chi connectivity index (χ1v) is 7.56. The van der Waals surface area contributed by atoms with Gasteiger partial charge >= 0.3 is 0 Å². The van der Waals surface area contributed by atoms with E-state index in [4.69, 9.17) is 11.2 Å². The zero-order chi connectivity index (χ0) is 16.6. The van der Waals surface area contributed by atoms with Crippen molar-refractivity contribution in [2.75, 3.05) is 6.61 Å². The molecule has 0 radical (unpaired) electrons. The highest BCUT2D eigenvalue weighted by Crippen LogP contribution is 2.28. The maximum atomic E-state index is 12.3. The molecule has 23 heavy (non-hydrogen) atoms. The highest BCUT2D eigenvalue weighted by atomic mass is 79.9. The molecule has 0 aliphatic heterocycles. The zero-order valence-electron chi connectivity index (χ0n) is 12.4. The average molecular weight is 374 g/mol. The minimum Gasteiger partial charge on any atom is -0.477 e. The van der Waals surface area contributed by atoms with Crippen molar-refractivity contribution in [1.82, 2.24) is 24.7 Å². The number of hydrogen-bond donors (Lipinski definition) is 1. The summed E-state index contributed by atoms with van der Waals surface area (Å²) in [7, 11) is 1.72. The van der Waals surface area contributed by atoms with Crippen LogP contribution in [0.5, 0.6) is 5.88 Å². The van der Waals surface area contributed by atoms with Crippen LogP contribution in [0, 0.1) is 12.3 Å². The number of halogens is 1. The lowest BCUT2D eigenvalue weighted by Crippen LogP contribution is -2.10. The molecule has 0 aliphatic rings. The second kappa shape index (κ2) is 5.85. The van der Waals surface area contributed by atoms with E-state index in [9.17, 15) is 4.79 Å². The Balaban J connectivity index is 2.30. The Kier molecular flexibility index (Phi) is 3.88. The fraction of sp³-hybridized carbons (Fsp3) is 0.200. The summed E-state index contributed by atoms with van der Waals surface area (Å²) in [5, 5.41) is 4.12. The lowest BCUT2D eigenvalue weighted by Gasteiger charge is -2.08. The monoisotopic (exact) mass is 373 g/mol. The van der Waals surface area contributed by atoms with Crippen molar-refractivity contribution in [2.24, 2.45) is 7.05 Å². The van der Waals surface area contributed by atoms with E-state index in [1.54, 1.807) is 13.1 Å². The molecule has 3 heterocycles. The summed E-state index contributed by atoms with van der Waals surface area (Å²) < 4.78 is 7.65. The number of aryl methyl sites for hydroxylation is 1. The van der Waals surface area contributed by atoms with Gasteiger partial charge in [-0.25, -0.2) is 9.97 Å². The Labute approximate surface area is 139 Å². The van der Waals surface area contributed by atoms with Crippen molar-refractivity contribution in [3.63, 3.8) is 0 Å². The van der Waals surface area contributed by atoms with Crippen LogP contribution in [0.3, 0.4) is 0 Å². The van der Waals surface area contributed by atoms with Gasteiger partial charge in [0, 0.05) is 18.8 Å². The molecule has 1 N–H and O–H groups in total. The third-order valence-electron chi connectivity index (χ3n) is 3.18. The smallest absolute Gasteiger partial charge is 0.279 e. The van der Waals surface area contributed by atoms with Crippen LogP contribution in [-0.4, -0.2) is 31.3 Å². The first kappa shape index (κ1) is 15.2. The number of aromatic nitrogens is 5. The van der Waals surface area contributed by atoms with Gasteiger partial charge in [0.15, 0.2) is 5.52 Å². The summed E-state index contributed by atoms with van der Waals surface area (Å²) in [4.78, 5) is 23.6. The van der Waals surface area contributed by atoms with Gasteiger partial charge in [-0.3, -0.25) is 9.48 Å². The number of ether oxygens (including phenoxy) is 1. The van der Waals surface area contributed by atoms with Gasteiger partial charge in [0.2, 0.25) is 5.88 Å². The van der Waals surface area contributed by atoms with Crippen molar-refractivity contribution in [3.05, 3.63) is 32.8 Å². The number of aromatic amines is 1. The van der Waals surface area contributed by atoms with Crippen LogP contribution in [-0.2, 0) is 7.05 Å². The number of nitrogens with zero attached hydrogens (tertiary/aromatic N) is 4. The SMILES string of the molecule is C#Cc1cnc(OCC)c(-c2nc3c(Br)n(C)nc3c(=O)[nH]2)c1. The van der Waals surface area contributed by atoms with Gasteiger partial charge in [-0.2, -0.15) is 5.10 Å². The number of rotatable bonds is 3. The molecule has 7 nitrogen and oxygen atoms in total. The molecule has 0 atom stereocenters. The van der Waals surface area contributed by atoms with E-state index in [1.165, 1.54) is 10.9 Å². The summed E-state index contributed by atoms with van der Waals surface area (Å²) in [6.07, 6.45) is 6.96. The van der Waals surface area contributed by atoms with Crippen LogP contribution in [0.15, 0.2) is 21.7 Å². The van der Waals surface area contributed by atoms with E-state index < -0.39 is 0 Å². The lowest BCUT2D eigenvalue weighted by molar-refractivity contribution is 0.328. The number of fused-ring (bicyclic) bond motifs is 1. The molecule has 3 aromatic heterocycles. The van der Waals surface area contributed by atoms with Crippen LogP contribution < -0.4 is 10.3 Å². The van der Waals surface area contributed by atoms with Crippen LogP contribution in [0.4, 0.5) is 0 Å². The molecule has 3 rings (SSSR count). The van der Waals surface area contributed by atoms with Gasteiger partial charge in [0.1, 0.15) is 15.9 Å². The first-order chi connectivity index (χ1) is 11.0. The number of hydrogen-bond acceptors (Lipinski definition) is 5. The van der Waals surface area contributed by atoms with Crippen molar-refractivity contribution in [3.8, 4) is 29.6 Å². The Morgan fingerprint density at radius 3 is 2.96 bits per heavy atom. The van der Waals surface area contributed by atoms with E-state index in [0.717, 1.165) is 0 Å². The highest BCUT2D eigenvalue weighted by molar-refractivity contribution is 9.10. The van der Waals surface area contributed by atoms with Crippen molar-refractivity contribution >= 4 is 27.0 Å². The molecule has 116 valence electrons. The summed E-state index contributed by atoms with van der Waals surface area (Å²) in [5.74, 6) is 3.19. The summed E-state index contributed by atoms with van der Waals surface area (Å²) in [6, 6.07) is 1.70. The van der Waals surface area contributed by atoms with Crippen molar-refractivity contribution in [1.29, 1.82) is 0 Å². The Hall–Kier alpha value is -2.66. The van der Waals surface area contributed by atoms with E-state index in [1.807, 2.05) is 6.92 Å². The molecule has 0 saturated carbocycles. The quantitative estimate of drug-likeness (QED) is 0.708. The fourth-order valence-corrected chi connectivity index (χ4v) is 2.49. The predicted molar refractivity (Wildman–Crippen MR) is 89.2 cm³/mol. The van der Waals surface area contributed by atoms with E-state index in [0.29, 0.717) is 39.6 Å². The van der Waals surface area contributed by atoms with Gasteiger partial charge in [-0.05, 0) is 28.9 Å². The highest BCUT2D eigenvalue weighted by Gasteiger charge is 2.17. The Morgan fingerprint density at radius 1 is 1.48 bits per heavy atom. The zero-order valence-corrected chi connectivity index (χ0v) is 14.0. The maximum absolute atomic E-state index is 12.3. The predicted octanol–water partition coefficient (Wildman–Crippen LogP) is 1.86. The largest absolute Gasteiger partial charge is 0.477 e. The number of pyridine rings is 1.